The molecule has 0 atom stereocenters. The Balaban J connectivity index is 1.39. The maximum atomic E-state index is 10.9. The highest BCUT2D eigenvalue weighted by Crippen LogP contribution is 2.32. The Bertz CT molecular complexity index is 809. The Labute approximate surface area is 146 Å². The topological polar surface area (TPSA) is 62.4 Å². The molecule has 1 aliphatic heterocycles. The van der Waals surface area contributed by atoms with Gasteiger partial charge in [-0.3, -0.25) is 9.88 Å². The van der Waals surface area contributed by atoms with Crippen LogP contribution >= 0.6 is 0 Å². The molecule has 1 aromatic carbocycles. The van der Waals surface area contributed by atoms with Crippen LogP contribution in [0.25, 0.3) is 11.3 Å². The number of likely N-dealkylation sites (tertiary alicyclic amines) is 1. The summed E-state index contributed by atoms with van der Waals surface area (Å²) in [6.45, 7) is 2.31. The van der Waals surface area contributed by atoms with Crippen LogP contribution in [0.4, 0.5) is 0 Å². The van der Waals surface area contributed by atoms with E-state index in [9.17, 15) is 5.11 Å². The van der Waals surface area contributed by atoms with Gasteiger partial charge in [-0.05, 0) is 25.0 Å². The minimum Gasteiger partial charge on any atom is -0.383 e. The number of benzene rings is 1. The number of rotatable bonds is 4. The van der Waals surface area contributed by atoms with Crippen LogP contribution in [0.2, 0.25) is 0 Å². The first-order chi connectivity index (χ1) is 12.2. The fourth-order valence-corrected chi connectivity index (χ4v) is 3.33. The van der Waals surface area contributed by atoms with E-state index in [0.717, 1.165) is 35.8 Å². The summed E-state index contributed by atoms with van der Waals surface area (Å²) in [5.74, 6) is 0.849. The molecular weight excluding hydrogens is 314 g/mol. The van der Waals surface area contributed by atoms with Gasteiger partial charge in [-0.25, -0.2) is 0 Å². The minimum atomic E-state index is -0.825. The van der Waals surface area contributed by atoms with Crippen LogP contribution in [0.1, 0.15) is 24.3 Å². The van der Waals surface area contributed by atoms with Gasteiger partial charge in [0.05, 0.1) is 12.2 Å². The van der Waals surface area contributed by atoms with Crippen LogP contribution in [-0.2, 0) is 12.1 Å². The van der Waals surface area contributed by atoms with Crippen molar-refractivity contribution in [1.29, 1.82) is 0 Å². The van der Waals surface area contributed by atoms with Crippen LogP contribution in [-0.4, -0.2) is 33.2 Å². The van der Waals surface area contributed by atoms with E-state index in [2.05, 4.69) is 15.0 Å². The van der Waals surface area contributed by atoms with Crippen molar-refractivity contribution >= 4 is 0 Å². The van der Waals surface area contributed by atoms with Gasteiger partial charge >= 0.3 is 0 Å². The molecule has 0 amide bonds. The van der Waals surface area contributed by atoms with Crippen molar-refractivity contribution in [1.82, 2.24) is 15.0 Å². The van der Waals surface area contributed by atoms with Gasteiger partial charge in [0, 0.05) is 30.9 Å². The first-order valence-corrected chi connectivity index (χ1v) is 8.60. The molecule has 25 heavy (non-hydrogen) atoms. The summed E-state index contributed by atoms with van der Waals surface area (Å²) in [5.41, 5.74) is 1.85. The van der Waals surface area contributed by atoms with E-state index >= 15 is 0 Å². The zero-order chi connectivity index (χ0) is 17.1. The van der Waals surface area contributed by atoms with Gasteiger partial charge in [-0.2, -0.15) is 0 Å². The minimum absolute atomic E-state index is 0.670. The van der Waals surface area contributed by atoms with Crippen LogP contribution in [0.15, 0.2) is 65.3 Å². The molecule has 4 rings (SSSR count). The lowest BCUT2D eigenvalue weighted by Gasteiger charge is -2.37. The zero-order valence-corrected chi connectivity index (χ0v) is 14.0. The molecule has 0 saturated carbocycles. The average molecular weight is 335 g/mol. The van der Waals surface area contributed by atoms with Gasteiger partial charge in [0.15, 0.2) is 5.76 Å². The first-order valence-electron chi connectivity index (χ1n) is 8.60. The Morgan fingerprint density at radius 3 is 2.52 bits per heavy atom. The molecule has 1 fully saturated rings. The van der Waals surface area contributed by atoms with Gasteiger partial charge in [0.25, 0.3) is 0 Å². The molecule has 3 heterocycles. The second-order valence-electron chi connectivity index (χ2n) is 6.57. The number of hydrogen-bond acceptors (Lipinski definition) is 5. The summed E-state index contributed by atoms with van der Waals surface area (Å²) in [4.78, 5) is 6.61. The molecule has 5 heteroatoms. The Morgan fingerprint density at radius 2 is 1.80 bits per heavy atom. The third kappa shape index (κ3) is 3.48. The third-order valence-electron chi connectivity index (χ3n) is 4.83. The second-order valence-corrected chi connectivity index (χ2v) is 6.57. The lowest BCUT2D eigenvalue weighted by Crippen LogP contribution is -2.42. The maximum absolute atomic E-state index is 10.9. The van der Waals surface area contributed by atoms with Crippen molar-refractivity contribution in [2.45, 2.75) is 25.0 Å². The van der Waals surface area contributed by atoms with E-state index in [1.807, 2.05) is 54.6 Å². The summed E-state index contributed by atoms with van der Waals surface area (Å²) in [7, 11) is 0. The summed E-state index contributed by atoms with van der Waals surface area (Å²) >= 11 is 0. The number of aliphatic hydroxyl groups is 1. The van der Waals surface area contributed by atoms with Gasteiger partial charge < -0.3 is 9.63 Å². The predicted molar refractivity (Wildman–Crippen MR) is 94.6 cm³/mol. The smallest absolute Gasteiger partial charge is 0.151 e. The number of hydrogen-bond donors (Lipinski definition) is 1. The van der Waals surface area contributed by atoms with E-state index in [1.165, 1.54) is 0 Å². The summed E-state index contributed by atoms with van der Waals surface area (Å²) in [6, 6.07) is 17.7. The van der Waals surface area contributed by atoms with Crippen molar-refractivity contribution < 1.29 is 9.63 Å². The monoisotopic (exact) mass is 335 g/mol. The molecule has 0 radical (unpaired) electrons. The normalized spacial score (nSPS) is 17.5. The first kappa shape index (κ1) is 16.0. The fourth-order valence-electron chi connectivity index (χ4n) is 3.33. The molecule has 1 N–H and O–H groups in total. The number of nitrogens with zero attached hydrogens (tertiary/aromatic N) is 3. The van der Waals surface area contributed by atoms with Crippen molar-refractivity contribution in [3.05, 3.63) is 72.2 Å². The lowest BCUT2D eigenvalue weighted by atomic mass is 9.88. The SMILES string of the molecule is OC1(c2ccccn2)CCN(Cc2cc(-c3ccccc3)no2)CC1. The van der Waals surface area contributed by atoms with Crippen LogP contribution < -0.4 is 0 Å². The van der Waals surface area contributed by atoms with Crippen molar-refractivity contribution in [3.63, 3.8) is 0 Å². The highest BCUT2D eigenvalue weighted by Gasteiger charge is 2.35. The standard InChI is InChI=1S/C20H21N3O2/c24-20(19-8-4-5-11-21-19)9-12-23(13-10-20)15-17-14-18(22-25-17)16-6-2-1-3-7-16/h1-8,11,14,24H,9-10,12-13,15H2. The quantitative estimate of drug-likeness (QED) is 0.793. The van der Waals surface area contributed by atoms with Crippen molar-refractivity contribution in [2.24, 2.45) is 0 Å². The Morgan fingerprint density at radius 1 is 1.04 bits per heavy atom. The lowest BCUT2D eigenvalue weighted by molar-refractivity contribution is -0.0325. The molecule has 0 aliphatic carbocycles. The van der Waals surface area contributed by atoms with E-state index in [1.54, 1.807) is 6.20 Å². The highest BCUT2D eigenvalue weighted by atomic mass is 16.5. The molecule has 5 nitrogen and oxygen atoms in total. The molecular formula is C20H21N3O2. The van der Waals surface area contributed by atoms with Crippen LogP contribution in [0.5, 0.6) is 0 Å². The summed E-state index contributed by atoms with van der Waals surface area (Å²) in [5, 5.41) is 15.0. The number of piperidine rings is 1. The summed E-state index contributed by atoms with van der Waals surface area (Å²) < 4.78 is 5.49. The molecule has 0 unspecified atom stereocenters. The van der Waals surface area contributed by atoms with E-state index in [-0.39, 0.29) is 0 Å². The van der Waals surface area contributed by atoms with E-state index in [0.29, 0.717) is 19.4 Å². The van der Waals surface area contributed by atoms with E-state index < -0.39 is 5.60 Å². The van der Waals surface area contributed by atoms with Gasteiger partial charge in [-0.1, -0.05) is 41.6 Å². The Kier molecular flexibility index (Phi) is 4.34. The van der Waals surface area contributed by atoms with Crippen LogP contribution in [0, 0.1) is 0 Å². The molecule has 0 bridgehead atoms. The third-order valence-corrected chi connectivity index (χ3v) is 4.83. The van der Waals surface area contributed by atoms with Gasteiger partial charge in [0.1, 0.15) is 11.3 Å². The largest absolute Gasteiger partial charge is 0.383 e. The maximum Gasteiger partial charge on any atom is 0.151 e. The Hall–Kier alpha value is -2.50. The molecule has 1 saturated heterocycles. The average Bonchev–Trinajstić information content (AvgIpc) is 3.14. The van der Waals surface area contributed by atoms with Gasteiger partial charge in [0.2, 0.25) is 0 Å². The fraction of sp³-hybridized carbons (Fsp3) is 0.300. The molecule has 3 aromatic rings. The van der Waals surface area contributed by atoms with Crippen molar-refractivity contribution in [3.8, 4) is 11.3 Å². The number of aromatic nitrogens is 2. The summed E-state index contributed by atoms with van der Waals surface area (Å²) in [6.07, 6.45) is 3.08. The molecule has 128 valence electrons. The number of pyridine rings is 1. The molecule has 0 spiro atoms. The highest BCUT2D eigenvalue weighted by molar-refractivity contribution is 5.58. The predicted octanol–water partition coefficient (Wildman–Crippen LogP) is 3.22. The second kappa shape index (κ2) is 6.78. The molecule has 2 aromatic heterocycles. The van der Waals surface area contributed by atoms with E-state index in [4.69, 9.17) is 4.52 Å². The zero-order valence-electron chi connectivity index (χ0n) is 14.0. The van der Waals surface area contributed by atoms with Crippen LogP contribution in [0.3, 0.4) is 0 Å². The van der Waals surface area contributed by atoms with Gasteiger partial charge in [-0.15, -0.1) is 0 Å². The van der Waals surface area contributed by atoms with Crippen molar-refractivity contribution in [2.75, 3.05) is 13.1 Å². The molecule has 1 aliphatic rings.